The fraction of sp³-hybridized carbons (Fsp3) is 0.552. The summed E-state index contributed by atoms with van der Waals surface area (Å²) in [7, 11) is 0. The summed E-state index contributed by atoms with van der Waals surface area (Å²) in [6, 6.07) is 20.2. The number of carbonyl (C=O) groups is 1. The molecule has 2 aromatic carbocycles. The van der Waals surface area contributed by atoms with E-state index in [4.69, 9.17) is 28.8 Å². The van der Waals surface area contributed by atoms with Gasteiger partial charge in [-0.25, -0.2) is 9.18 Å². The van der Waals surface area contributed by atoms with Crippen molar-refractivity contribution in [2.24, 2.45) is 0 Å². The highest BCUT2D eigenvalue weighted by Crippen LogP contribution is 2.21. The van der Waals surface area contributed by atoms with Gasteiger partial charge in [0, 0.05) is 19.6 Å². The number of carboxylic acid groups (broad SMARTS) is 1. The van der Waals surface area contributed by atoms with Gasteiger partial charge in [-0.2, -0.15) is 0 Å². The molecule has 8 nitrogen and oxygen atoms in total. The van der Waals surface area contributed by atoms with Crippen LogP contribution >= 0.6 is 0 Å². The number of nitrogens with zero attached hydrogens (tertiary/aromatic N) is 1. The molecule has 0 aliphatic carbocycles. The maximum atomic E-state index is 15.4. The van der Waals surface area contributed by atoms with Crippen LogP contribution in [0.3, 0.4) is 0 Å². The first-order valence-electron chi connectivity index (χ1n) is 13.0. The number of hydrogen-bond acceptors (Lipinski definition) is 7. The molecule has 0 aliphatic heterocycles. The summed E-state index contributed by atoms with van der Waals surface area (Å²) < 4.78 is 42.4. The topological polar surface area (TPSA) is 86.7 Å². The first-order valence-corrected chi connectivity index (χ1v) is 13.0. The SMILES string of the molecule is CC(C)(OCCOCCOCCOCCOCC(=O)O)C(F)CN(Cc1ccccc1)Cc1ccccc1. The number of aliphatic carboxylic acids is 1. The van der Waals surface area contributed by atoms with Crippen LogP contribution in [0.15, 0.2) is 60.7 Å². The van der Waals surface area contributed by atoms with Gasteiger partial charge in [0.05, 0.1) is 58.5 Å². The highest BCUT2D eigenvalue weighted by Gasteiger charge is 2.32. The van der Waals surface area contributed by atoms with Gasteiger partial charge < -0.3 is 28.8 Å². The second-order valence-corrected chi connectivity index (χ2v) is 9.34. The van der Waals surface area contributed by atoms with Crippen molar-refractivity contribution in [3.63, 3.8) is 0 Å². The molecule has 9 heteroatoms. The molecule has 0 saturated heterocycles. The third-order valence-corrected chi connectivity index (χ3v) is 5.71. The monoisotopic (exact) mass is 535 g/mol. The molecule has 1 N–H and O–H groups in total. The van der Waals surface area contributed by atoms with Crippen LogP contribution in [0.2, 0.25) is 0 Å². The van der Waals surface area contributed by atoms with Crippen LogP contribution in [0.1, 0.15) is 25.0 Å². The van der Waals surface area contributed by atoms with Crippen LogP contribution in [0.4, 0.5) is 4.39 Å². The number of halogens is 1. The Morgan fingerprint density at radius 1 is 0.763 bits per heavy atom. The standard InChI is InChI=1S/C29H42FNO7/c1-29(2,38-20-19-36-16-15-34-13-14-35-17-18-37-24-28(32)33)27(30)23-31(21-25-9-5-3-6-10-25)22-26-11-7-4-8-12-26/h3-12,27H,13-24H2,1-2H3,(H,32,33). The highest BCUT2D eigenvalue weighted by molar-refractivity contribution is 5.67. The molecule has 0 amide bonds. The van der Waals surface area contributed by atoms with Crippen LogP contribution in [0.5, 0.6) is 0 Å². The smallest absolute Gasteiger partial charge is 0.329 e. The normalized spacial score (nSPS) is 12.6. The average Bonchev–Trinajstić information content (AvgIpc) is 2.89. The fourth-order valence-corrected chi connectivity index (χ4v) is 3.59. The molecule has 0 aliphatic rings. The minimum Gasteiger partial charge on any atom is -0.480 e. The summed E-state index contributed by atoms with van der Waals surface area (Å²) in [5.41, 5.74) is 1.32. The third kappa shape index (κ3) is 14.5. The van der Waals surface area contributed by atoms with Crippen molar-refractivity contribution in [3.05, 3.63) is 71.8 Å². The van der Waals surface area contributed by atoms with Gasteiger partial charge in [0.25, 0.3) is 0 Å². The molecule has 2 rings (SSSR count). The van der Waals surface area contributed by atoms with E-state index in [9.17, 15) is 4.79 Å². The molecule has 1 unspecified atom stereocenters. The van der Waals surface area contributed by atoms with Gasteiger partial charge in [-0.05, 0) is 25.0 Å². The van der Waals surface area contributed by atoms with E-state index in [0.717, 1.165) is 11.1 Å². The Kier molecular flexibility index (Phi) is 15.7. The lowest BCUT2D eigenvalue weighted by Gasteiger charge is -2.33. The van der Waals surface area contributed by atoms with Gasteiger partial charge in [-0.1, -0.05) is 60.7 Å². The van der Waals surface area contributed by atoms with Crippen molar-refractivity contribution >= 4 is 5.97 Å². The van der Waals surface area contributed by atoms with Crippen molar-refractivity contribution in [2.45, 2.75) is 38.7 Å². The predicted octanol–water partition coefficient (Wildman–Crippen LogP) is 3.97. The molecular formula is C29H42FNO7. The second-order valence-electron chi connectivity index (χ2n) is 9.34. The maximum Gasteiger partial charge on any atom is 0.329 e. The molecule has 0 fully saturated rings. The second kappa shape index (κ2) is 18.8. The summed E-state index contributed by atoms with van der Waals surface area (Å²) in [6.07, 6.45) is -1.19. The average molecular weight is 536 g/mol. The van der Waals surface area contributed by atoms with E-state index in [-0.39, 0.29) is 26.4 Å². The van der Waals surface area contributed by atoms with E-state index in [2.05, 4.69) is 29.2 Å². The van der Waals surface area contributed by atoms with Crippen LogP contribution < -0.4 is 0 Å². The van der Waals surface area contributed by atoms with E-state index in [1.807, 2.05) is 36.4 Å². The summed E-state index contributed by atoms with van der Waals surface area (Å²) >= 11 is 0. The summed E-state index contributed by atoms with van der Waals surface area (Å²) in [6.45, 7) is 7.52. The Balaban J connectivity index is 1.61. The Morgan fingerprint density at radius 2 is 1.18 bits per heavy atom. The van der Waals surface area contributed by atoms with E-state index in [1.165, 1.54) is 0 Å². The molecule has 212 valence electrons. The van der Waals surface area contributed by atoms with Crippen molar-refractivity contribution < 1.29 is 38.0 Å². The minimum absolute atomic E-state index is 0.226. The number of rotatable bonds is 22. The summed E-state index contributed by atoms with van der Waals surface area (Å²) in [5, 5.41) is 8.45. The van der Waals surface area contributed by atoms with Crippen LogP contribution in [-0.4, -0.2) is 93.8 Å². The van der Waals surface area contributed by atoms with Crippen LogP contribution in [-0.2, 0) is 41.6 Å². The molecule has 0 bridgehead atoms. The van der Waals surface area contributed by atoms with E-state index in [0.29, 0.717) is 52.7 Å². The number of hydrogen-bond donors (Lipinski definition) is 1. The lowest BCUT2D eigenvalue weighted by molar-refractivity contribution is -0.142. The molecule has 1 atom stereocenters. The number of ether oxygens (including phenoxy) is 5. The van der Waals surface area contributed by atoms with Gasteiger partial charge >= 0.3 is 5.97 Å². The van der Waals surface area contributed by atoms with Gasteiger partial charge in [0.15, 0.2) is 0 Å². The minimum atomic E-state index is -1.19. The molecule has 2 aromatic rings. The lowest BCUT2D eigenvalue weighted by Crippen LogP contribution is -2.44. The Hall–Kier alpha value is -2.40. The van der Waals surface area contributed by atoms with Crippen LogP contribution in [0, 0.1) is 0 Å². The number of alkyl halides is 1. The quantitative estimate of drug-likeness (QED) is 0.227. The van der Waals surface area contributed by atoms with Crippen molar-refractivity contribution in [3.8, 4) is 0 Å². The zero-order valence-corrected chi connectivity index (χ0v) is 22.6. The summed E-state index contributed by atoms with van der Waals surface area (Å²) in [5.74, 6) is -1.00. The van der Waals surface area contributed by atoms with Crippen molar-refractivity contribution in [1.29, 1.82) is 0 Å². The first kappa shape index (κ1) is 31.8. The Labute approximate surface area is 225 Å². The van der Waals surface area contributed by atoms with Gasteiger partial charge in [-0.3, -0.25) is 4.90 Å². The number of carboxylic acids is 1. The molecule has 0 heterocycles. The lowest BCUT2D eigenvalue weighted by atomic mass is 10.0. The zero-order valence-electron chi connectivity index (χ0n) is 22.6. The van der Waals surface area contributed by atoms with Crippen molar-refractivity contribution in [2.75, 3.05) is 66.0 Å². The van der Waals surface area contributed by atoms with E-state index < -0.39 is 17.7 Å². The molecule has 0 radical (unpaired) electrons. The summed E-state index contributed by atoms with van der Waals surface area (Å²) in [4.78, 5) is 12.4. The molecular weight excluding hydrogens is 493 g/mol. The van der Waals surface area contributed by atoms with E-state index >= 15 is 4.39 Å². The van der Waals surface area contributed by atoms with E-state index in [1.54, 1.807) is 13.8 Å². The third-order valence-electron chi connectivity index (χ3n) is 5.71. The highest BCUT2D eigenvalue weighted by atomic mass is 19.1. The molecule has 0 saturated carbocycles. The predicted molar refractivity (Wildman–Crippen MR) is 143 cm³/mol. The molecule has 38 heavy (non-hydrogen) atoms. The first-order chi connectivity index (χ1) is 18.4. The zero-order chi connectivity index (χ0) is 27.5. The Morgan fingerprint density at radius 3 is 1.63 bits per heavy atom. The maximum absolute atomic E-state index is 15.4. The van der Waals surface area contributed by atoms with Crippen molar-refractivity contribution in [1.82, 2.24) is 4.90 Å². The van der Waals surface area contributed by atoms with Gasteiger partial charge in [0.1, 0.15) is 12.8 Å². The molecule has 0 aromatic heterocycles. The van der Waals surface area contributed by atoms with Gasteiger partial charge in [0.2, 0.25) is 0 Å². The fourth-order valence-electron chi connectivity index (χ4n) is 3.59. The largest absolute Gasteiger partial charge is 0.480 e. The number of benzene rings is 2. The van der Waals surface area contributed by atoms with Crippen LogP contribution in [0.25, 0.3) is 0 Å². The Bertz CT molecular complexity index is 828. The van der Waals surface area contributed by atoms with Gasteiger partial charge in [-0.15, -0.1) is 0 Å². The molecule has 0 spiro atoms.